The molecule has 2 heteroatoms. The van der Waals surface area contributed by atoms with Crippen molar-refractivity contribution in [1.82, 2.24) is 5.32 Å². The Bertz CT molecular complexity index is 153. The van der Waals surface area contributed by atoms with Crippen molar-refractivity contribution in [1.29, 1.82) is 0 Å². The van der Waals surface area contributed by atoms with E-state index >= 15 is 0 Å². The highest BCUT2D eigenvalue weighted by Crippen LogP contribution is 2.43. The molecule has 1 saturated heterocycles. The normalized spacial score (nSPS) is 47.5. The van der Waals surface area contributed by atoms with Gasteiger partial charge in [0.15, 0.2) is 0 Å². The fraction of sp³-hybridized carbons (Fsp3) is 1.00. The lowest BCUT2D eigenvalue weighted by molar-refractivity contribution is -0.172. The highest BCUT2D eigenvalue weighted by atomic mass is 16.5. The van der Waals surface area contributed by atoms with Gasteiger partial charge in [-0.15, -0.1) is 0 Å². The molecule has 0 unspecified atom stereocenters. The third kappa shape index (κ3) is 1.27. The van der Waals surface area contributed by atoms with Gasteiger partial charge in [0.05, 0.1) is 12.2 Å². The van der Waals surface area contributed by atoms with E-state index in [0.717, 1.165) is 6.61 Å². The van der Waals surface area contributed by atoms with Crippen LogP contribution in [0.15, 0.2) is 0 Å². The minimum Gasteiger partial charge on any atom is -0.375 e. The molecule has 2 fully saturated rings. The molecule has 1 spiro atoms. The van der Waals surface area contributed by atoms with Crippen LogP contribution >= 0.6 is 0 Å². The van der Waals surface area contributed by atoms with Crippen molar-refractivity contribution in [3.63, 3.8) is 0 Å². The van der Waals surface area contributed by atoms with Crippen molar-refractivity contribution >= 4 is 0 Å². The quantitative estimate of drug-likeness (QED) is 0.645. The lowest BCUT2D eigenvalue weighted by Crippen LogP contribution is -2.53. The Morgan fingerprint density at radius 2 is 1.67 bits per heavy atom. The lowest BCUT2D eigenvalue weighted by atomic mass is 9.72. The van der Waals surface area contributed by atoms with Crippen molar-refractivity contribution in [2.24, 2.45) is 0 Å². The van der Waals surface area contributed by atoms with Gasteiger partial charge < -0.3 is 10.1 Å². The molecule has 70 valence electrons. The molecule has 1 aliphatic carbocycles. The largest absolute Gasteiger partial charge is 0.375 e. The molecule has 1 N–H and O–H groups in total. The third-order valence-electron chi connectivity index (χ3n) is 3.83. The van der Waals surface area contributed by atoms with Crippen LogP contribution in [0.25, 0.3) is 0 Å². The number of ether oxygens (including phenoxy) is 1. The summed E-state index contributed by atoms with van der Waals surface area (Å²) in [5.41, 5.74) is 0.695. The average molecular weight is 169 g/mol. The van der Waals surface area contributed by atoms with Gasteiger partial charge in [-0.25, -0.2) is 0 Å². The molecule has 1 aliphatic heterocycles. The van der Waals surface area contributed by atoms with E-state index in [-0.39, 0.29) is 0 Å². The highest BCUT2D eigenvalue weighted by molar-refractivity contribution is 4.98. The number of hydrogen-bond acceptors (Lipinski definition) is 2. The first-order valence-electron chi connectivity index (χ1n) is 5.01. The van der Waals surface area contributed by atoms with Crippen LogP contribution in [-0.4, -0.2) is 24.8 Å². The maximum Gasteiger partial charge on any atom is 0.0705 e. The topological polar surface area (TPSA) is 21.3 Å². The molecule has 0 amide bonds. The molecule has 0 aromatic heterocycles. The van der Waals surface area contributed by atoms with E-state index in [2.05, 4.69) is 19.3 Å². The minimum absolute atomic E-state index is 0.316. The molecule has 1 heterocycles. The molecule has 0 bridgehead atoms. The summed E-state index contributed by atoms with van der Waals surface area (Å²) in [5.74, 6) is 0. The van der Waals surface area contributed by atoms with E-state index in [0.29, 0.717) is 11.1 Å². The number of hydrogen-bond donors (Lipinski definition) is 1. The van der Waals surface area contributed by atoms with Crippen molar-refractivity contribution in [3.05, 3.63) is 0 Å². The van der Waals surface area contributed by atoms with Crippen LogP contribution in [-0.2, 0) is 4.74 Å². The second-order valence-electron chi connectivity index (χ2n) is 4.59. The van der Waals surface area contributed by atoms with Crippen molar-refractivity contribution in [2.45, 2.75) is 50.2 Å². The van der Waals surface area contributed by atoms with Gasteiger partial charge in [-0.3, -0.25) is 0 Å². The summed E-state index contributed by atoms with van der Waals surface area (Å²) >= 11 is 0. The van der Waals surface area contributed by atoms with Gasteiger partial charge in [0, 0.05) is 5.54 Å². The monoisotopic (exact) mass is 169 g/mol. The Morgan fingerprint density at radius 3 is 2.00 bits per heavy atom. The third-order valence-corrected chi connectivity index (χ3v) is 3.83. The first-order valence-corrected chi connectivity index (χ1v) is 5.01. The van der Waals surface area contributed by atoms with Crippen LogP contribution in [0.1, 0.15) is 39.0 Å². The summed E-state index contributed by atoms with van der Waals surface area (Å²) in [5, 5.41) is 3.41. The molecular weight excluding hydrogens is 150 g/mol. The maximum atomic E-state index is 5.67. The fourth-order valence-corrected chi connectivity index (χ4v) is 2.29. The smallest absolute Gasteiger partial charge is 0.0705 e. The summed E-state index contributed by atoms with van der Waals surface area (Å²) < 4.78 is 5.67. The summed E-state index contributed by atoms with van der Waals surface area (Å²) in [4.78, 5) is 0. The predicted octanol–water partition coefficient (Wildman–Crippen LogP) is 1.70. The van der Waals surface area contributed by atoms with Crippen LogP contribution < -0.4 is 5.32 Å². The standard InChI is InChI=1S/C10H19NO/c1-9(11-2)3-5-10(6-4-9)7-8-12-10/h11H,3-8H2,1-2H3/t9-,10+. The van der Waals surface area contributed by atoms with Crippen molar-refractivity contribution in [2.75, 3.05) is 13.7 Å². The second kappa shape index (κ2) is 2.71. The lowest BCUT2D eigenvalue weighted by Gasteiger charge is -2.49. The van der Waals surface area contributed by atoms with Gasteiger partial charge in [-0.2, -0.15) is 0 Å². The Morgan fingerprint density at radius 1 is 1.08 bits per heavy atom. The van der Waals surface area contributed by atoms with E-state index in [1.165, 1.54) is 32.1 Å². The van der Waals surface area contributed by atoms with Gasteiger partial charge in [-0.05, 0) is 46.1 Å². The summed E-state index contributed by atoms with van der Waals surface area (Å²) in [6.45, 7) is 3.31. The number of nitrogens with one attached hydrogen (secondary N) is 1. The van der Waals surface area contributed by atoms with Gasteiger partial charge in [0.2, 0.25) is 0 Å². The highest BCUT2D eigenvalue weighted by Gasteiger charge is 2.44. The van der Waals surface area contributed by atoms with Crippen LogP contribution in [0.4, 0.5) is 0 Å². The Kier molecular flexibility index (Phi) is 1.92. The molecule has 2 aliphatic rings. The van der Waals surface area contributed by atoms with E-state index in [1.807, 2.05) is 0 Å². The van der Waals surface area contributed by atoms with Gasteiger partial charge in [0.1, 0.15) is 0 Å². The maximum absolute atomic E-state index is 5.67. The van der Waals surface area contributed by atoms with Crippen LogP contribution in [0, 0.1) is 0 Å². The molecule has 1 saturated carbocycles. The zero-order valence-corrected chi connectivity index (χ0v) is 8.15. The average Bonchev–Trinajstić information content (AvgIpc) is 2.04. The second-order valence-corrected chi connectivity index (χ2v) is 4.59. The van der Waals surface area contributed by atoms with Gasteiger partial charge >= 0.3 is 0 Å². The summed E-state index contributed by atoms with van der Waals surface area (Å²) in [7, 11) is 2.07. The Balaban J connectivity index is 1.92. The van der Waals surface area contributed by atoms with E-state index in [9.17, 15) is 0 Å². The molecule has 2 rings (SSSR count). The SMILES string of the molecule is CN[C@]1(C)CC[C@@]2(CCO2)CC1. The predicted molar refractivity (Wildman–Crippen MR) is 49.2 cm³/mol. The summed E-state index contributed by atoms with van der Waals surface area (Å²) in [6.07, 6.45) is 6.34. The summed E-state index contributed by atoms with van der Waals surface area (Å²) in [6, 6.07) is 0. The fourth-order valence-electron chi connectivity index (χ4n) is 2.29. The Hall–Kier alpha value is -0.0800. The van der Waals surface area contributed by atoms with Gasteiger partial charge in [-0.1, -0.05) is 0 Å². The molecule has 0 radical (unpaired) electrons. The first kappa shape index (κ1) is 8.52. The van der Waals surface area contributed by atoms with Crippen LogP contribution in [0.3, 0.4) is 0 Å². The zero-order chi connectivity index (χ0) is 8.66. The molecule has 2 nitrogen and oxygen atoms in total. The van der Waals surface area contributed by atoms with Gasteiger partial charge in [0.25, 0.3) is 0 Å². The van der Waals surface area contributed by atoms with Crippen molar-refractivity contribution in [3.8, 4) is 0 Å². The van der Waals surface area contributed by atoms with E-state index in [4.69, 9.17) is 4.74 Å². The first-order chi connectivity index (χ1) is 5.68. The minimum atomic E-state index is 0.316. The van der Waals surface area contributed by atoms with Crippen molar-refractivity contribution < 1.29 is 4.74 Å². The van der Waals surface area contributed by atoms with E-state index in [1.54, 1.807) is 0 Å². The van der Waals surface area contributed by atoms with E-state index < -0.39 is 0 Å². The number of rotatable bonds is 1. The van der Waals surface area contributed by atoms with Crippen LogP contribution in [0.2, 0.25) is 0 Å². The molecular formula is C10H19NO. The van der Waals surface area contributed by atoms with Crippen LogP contribution in [0.5, 0.6) is 0 Å². The molecule has 12 heavy (non-hydrogen) atoms. The zero-order valence-electron chi connectivity index (χ0n) is 8.15. The molecule has 0 aromatic rings. The molecule has 0 atom stereocenters. The Labute approximate surface area is 74.7 Å². The molecule has 0 aromatic carbocycles.